The average molecular weight is 314 g/mol. The maximum Gasteiger partial charge on any atom is 0.184 e. The molecule has 1 aliphatic rings. The SMILES string of the molecule is OCCn1ncc2c1CCC[C@@H]2Nc1nc2ccccc2s1. The van der Waals surface area contributed by atoms with Crippen LogP contribution in [0.15, 0.2) is 30.5 Å². The number of aromatic nitrogens is 3. The second-order valence-corrected chi connectivity index (χ2v) is 6.60. The standard InChI is InChI=1S/C16H18N4OS/c21-9-8-20-14-6-3-5-12(11(14)10-17-20)18-16-19-13-4-1-2-7-15(13)22-16/h1-2,4,7,10,12,21H,3,5-6,8-9H2,(H,18,19)/t12-/m0/s1. The van der Waals surface area contributed by atoms with Gasteiger partial charge in [-0.2, -0.15) is 5.10 Å². The minimum Gasteiger partial charge on any atom is -0.394 e. The van der Waals surface area contributed by atoms with Gasteiger partial charge in [-0.15, -0.1) is 0 Å². The smallest absolute Gasteiger partial charge is 0.184 e. The summed E-state index contributed by atoms with van der Waals surface area (Å²) in [4.78, 5) is 4.66. The maximum absolute atomic E-state index is 9.14. The molecule has 6 heteroatoms. The molecule has 3 aromatic rings. The van der Waals surface area contributed by atoms with Crippen LogP contribution in [0.5, 0.6) is 0 Å². The first-order chi connectivity index (χ1) is 10.8. The Labute approximate surface area is 132 Å². The first-order valence-corrected chi connectivity index (χ1v) is 8.44. The zero-order valence-electron chi connectivity index (χ0n) is 12.2. The van der Waals surface area contributed by atoms with Crippen molar-refractivity contribution in [2.24, 2.45) is 0 Å². The quantitative estimate of drug-likeness (QED) is 0.777. The molecule has 5 nitrogen and oxygen atoms in total. The molecule has 1 aromatic carbocycles. The van der Waals surface area contributed by atoms with E-state index in [2.05, 4.69) is 21.5 Å². The van der Waals surface area contributed by atoms with E-state index in [9.17, 15) is 0 Å². The molecule has 0 amide bonds. The Hall–Kier alpha value is -1.92. The third kappa shape index (κ3) is 2.38. The highest BCUT2D eigenvalue weighted by Gasteiger charge is 2.24. The first-order valence-electron chi connectivity index (χ1n) is 7.62. The van der Waals surface area contributed by atoms with Crippen molar-refractivity contribution in [3.63, 3.8) is 0 Å². The fourth-order valence-corrected chi connectivity index (χ4v) is 4.06. The molecule has 0 radical (unpaired) electrons. The molecule has 2 heterocycles. The summed E-state index contributed by atoms with van der Waals surface area (Å²) in [7, 11) is 0. The summed E-state index contributed by atoms with van der Waals surface area (Å²) in [5.41, 5.74) is 3.54. The highest BCUT2D eigenvalue weighted by atomic mass is 32.1. The lowest BCUT2D eigenvalue weighted by Crippen LogP contribution is -2.19. The van der Waals surface area contributed by atoms with Crippen molar-refractivity contribution in [1.29, 1.82) is 0 Å². The summed E-state index contributed by atoms with van der Waals surface area (Å²) >= 11 is 1.69. The van der Waals surface area contributed by atoms with Crippen molar-refractivity contribution < 1.29 is 5.11 Å². The second-order valence-electron chi connectivity index (χ2n) is 5.57. The lowest BCUT2D eigenvalue weighted by Gasteiger charge is -2.23. The molecule has 114 valence electrons. The van der Waals surface area contributed by atoms with E-state index in [1.165, 1.54) is 16.0 Å². The van der Waals surface area contributed by atoms with E-state index in [1.54, 1.807) is 11.3 Å². The Kier molecular flexibility index (Phi) is 3.56. The minimum absolute atomic E-state index is 0.129. The second kappa shape index (κ2) is 5.70. The van der Waals surface area contributed by atoms with Crippen LogP contribution in [0.2, 0.25) is 0 Å². The number of hydrogen-bond donors (Lipinski definition) is 2. The number of rotatable bonds is 4. The van der Waals surface area contributed by atoms with Crippen LogP contribution in [0, 0.1) is 0 Å². The molecule has 0 aliphatic heterocycles. The van der Waals surface area contributed by atoms with Crippen LogP contribution in [-0.2, 0) is 13.0 Å². The van der Waals surface area contributed by atoms with Gasteiger partial charge in [0.05, 0.1) is 35.6 Å². The normalized spacial score (nSPS) is 17.6. The van der Waals surface area contributed by atoms with Crippen molar-refractivity contribution in [3.8, 4) is 0 Å². The number of thiazole rings is 1. The van der Waals surface area contributed by atoms with Crippen LogP contribution in [0.3, 0.4) is 0 Å². The molecule has 0 unspecified atom stereocenters. The van der Waals surface area contributed by atoms with Gasteiger partial charge in [0, 0.05) is 11.3 Å². The number of hydrogen-bond acceptors (Lipinski definition) is 5. The molecule has 2 N–H and O–H groups in total. The summed E-state index contributed by atoms with van der Waals surface area (Å²) < 4.78 is 3.14. The Morgan fingerprint density at radius 1 is 1.36 bits per heavy atom. The molecular formula is C16H18N4OS. The molecule has 2 aromatic heterocycles. The van der Waals surface area contributed by atoms with Crippen molar-refractivity contribution in [2.75, 3.05) is 11.9 Å². The van der Waals surface area contributed by atoms with Crippen molar-refractivity contribution in [2.45, 2.75) is 31.8 Å². The largest absolute Gasteiger partial charge is 0.394 e. The fraction of sp³-hybridized carbons (Fsp3) is 0.375. The minimum atomic E-state index is 0.129. The topological polar surface area (TPSA) is 63.0 Å². The summed E-state index contributed by atoms with van der Waals surface area (Å²) in [6.45, 7) is 0.702. The Bertz CT molecular complexity index is 761. The lowest BCUT2D eigenvalue weighted by atomic mass is 9.93. The maximum atomic E-state index is 9.14. The van der Waals surface area contributed by atoms with Crippen molar-refractivity contribution >= 4 is 26.7 Å². The number of anilines is 1. The molecule has 0 fully saturated rings. The Balaban J connectivity index is 1.61. The van der Waals surface area contributed by atoms with E-state index in [0.717, 1.165) is 29.9 Å². The van der Waals surface area contributed by atoms with Gasteiger partial charge in [-0.05, 0) is 31.4 Å². The Morgan fingerprint density at radius 3 is 3.14 bits per heavy atom. The van der Waals surface area contributed by atoms with Crippen LogP contribution in [0.1, 0.15) is 30.1 Å². The van der Waals surface area contributed by atoms with E-state index >= 15 is 0 Å². The van der Waals surface area contributed by atoms with Gasteiger partial charge in [0.25, 0.3) is 0 Å². The first kappa shape index (κ1) is 13.7. The molecular weight excluding hydrogens is 296 g/mol. The van der Waals surface area contributed by atoms with E-state index in [-0.39, 0.29) is 12.6 Å². The molecule has 0 saturated carbocycles. The zero-order chi connectivity index (χ0) is 14.9. The van der Waals surface area contributed by atoms with E-state index in [4.69, 9.17) is 5.11 Å². The van der Waals surface area contributed by atoms with Crippen LogP contribution >= 0.6 is 11.3 Å². The number of fused-ring (bicyclic) bond motifs is 2. The van der Waals surface area contributed by atoms with Crippen LogP contribution in [-0.4, -0.2) is 26.5 Å². The van der Waals surface area contributed by atoms with Crippen molar-refractivity contribution in [3.05, 3.63) is 41.7 Å². The lowest BCUT2D eigenvalue weighted by molar-refractivity contribution is 0.266. The zero-order valence-corrected chi connectivity index (χ0v) is 13.0. The van der Waals surface area contributed by atoms with Gasteiger partial charge in [0.1, 0.15) is 0 Å². The molecule has 0 bridgehead atoms. The van der Waals surface area contributed by atoms with Crippen molar-refractivity contribution in [1.82, 2.24) is 14.8 Å². The van der Waals surface area contributed by atoms with Gasteiger partial charge >= 0.3 is 0 Å². The average Bonchev–Trinajstić information content (AvgIpc) is 3.12. The van der Waals surface area contributed by atoms with Crippen LogP contribution in [0.25, 0.3) is 10.2 Å². The summed E-state index contributed by atoms with van der Waals surface area (Å²) in [5, 5.41) is 18.1. The molecule has 4 rings (SSSR count). The number of benzene rings is 1. The number of aliphatic hydroxyl groups is 1. The highest BCUT2D eigenvalue weighted by molar-refractivity contribution is 7.22. The summed E-state index contributed by atoms with van der Waals surface area (Å²) in [6.07, 6.45) is 5.20. The number of aliphatic hydroxyl groups excluding tert-OH is 1. The molecule has 22 heavy (non-hydrogen) atoms. The van der Waals surface area contributed by atoms with Crippen LogP contribution in [0.4, 0.5) is 5.13 Å². The monoisotopic (exact) mass is 314 g/mol. The summed E-state index contributed by atoms with van der Waals surface area (Å²) in [5.74, 6) is 0. The van der Waals surface area contributed by atoms with E-state index in [1.807, 2.05) is 29.1 Å². The molecule has 1 atom stereocenters. The highest BCUT2D eigenvalue weighted by Crippen LogP contribution is 2.34. The number of nitrogens with zero attached hydrogens (tertiary/aromatic N) is 3. The predicted molar refractivity (Wildman–Crippen MR) is 88.2 cm³/mol. The van der Waals surface area contributed by atoms with Gasteiger partial charge in [-0.1, -0.05) is 23.5 Å². The van der Waals surface area contributed by atoms with Gasteiger partial charge in [-0.25, -0.2) is 4.98 Å². The predicted octanol–water partition coefficient (Wildman–Crippen LogP) is 2.97. The summed E-state index contributed by atoms with van der Waals surface area (Å²) in [6, 6.07) is 8.47. The van der Waals surface area contributed by atoms with Crippen LogP contribution < -0.4 is 5.32 Å². The Morgan fingerprint density at radius 2 is 2.27 bits per heavy atom. The third-order valence-electron chi connectivity index (χ3n) is 4.17. The van der Waals surface area contributed by atoms with Gasteiger partial charge in [0.15, 0.2) is 5.13 Å². The number of para-hydroxylation sites is 1. The van der Waals surface area contributed by atoms with Gasteiger partial charge in [0.2, 0.25) is 0 Å². The van der Waals surface area contributed by atoms with Gasteiger partial charge in [-0.3, -0.25) is 4.68 Å². The molecule has 0 saturated heterocycles. The fourth-order valence-electron chi connectivity index (χ4n) is 3.14. The van der Waals surface area contributed by atoms with Gasteiger partial charge < -0.3 is 10.4 Å². The van der Waals surface area contributed by atoms with E-state index < -0.39 is 0 Å². The third-order valence-corrected chi connectivity index (χ3v) is 5.13. The molecule has 0 spiro atoms. The molecule has 1 aliphatic carbocycles. The number of nitrogens with one attached hydrogen (secondary N) is 1. The van der Waals surface area contributed by atoms with E-state index in [0.29, 0.717) is 6.54 Å².